The second-order valence-electron chi connectivity index (χ2n) is 5.30. The van der Waals surface area contributed by atoms with Gasteiger partial charge in [0.1, 0.15) is 11.5 Å². The number of amidine groups is 1. The van der Waals surface area contributed by atoms with Gasteiger partial charge in [0.25, 0.3) is 0 Å². The Hall–Kier alpha value is -1.42. The smallest absolute Gasteiger partial charge is 0.142 e. The quantitative estimate of drug-likeness (QED) is 0.632. The lowest BCUT2D eigenvalue weighted by atomic mass is 9.85. The summed E-state index contributed by atoms with van der Waals surface area (Å²) in [4.78, 5) is 4.14. The van der Waals surface area contributed by atoms with Crippen LogP contribution in [0.1, 0.15) is 50.3 Å². The first-order valence-corrected chi connectivity index (χ1v) is 7.10. The van der Waals surface area contributed by atoms with Gasteiger partial charge in [-0.3, -0.25) is 10.4 Å². The molecule has 1 heterocycles. The van der Waals surface area contributed by atoms with Gasteiger partial charge in [0.2, 0.25) is 0 Å². The summed E-state index contributed by atoms with van der Waals surface area (Å²) in [5.41, 5.74) is 6.99. The Morgan fingerprint density at radius 1 is 1.53 bits per heavy atom. The summed E-state index contributed by atoms with van der Waals surface area (Å²) in [7, 11) is 0. The third-order valence-corrected chi connectivity index (χ3v) is 3.93. The molecule has 2 atom stereocenters. The number of hydrogen-bond acceptors (Lipinski definition) is 3. The van der Waals surface area contributed by atoms with E-state index in [9.17, 15) is 0 Å². The first-order chi connectivity index (χ1) is 9.20. The van der Waals surface area contributed by atoms with Crippen LogP contribution in [0.25, 0.3) is 0 Å². The standard InChI is InChI=1S/C15H23N3O/c1-2-11-5-3-7-13(9-11)19-10-12-6-4-8-18-14(12)15(16)17/h4,6,8,11,13H,2-3,5,7,9-10H2,1H3,(H3,16,17). The molecule has 4 nitrogen and oxygen atoms in total. The summed E-state index contributed by atoms with van der Waals surface area (Å²) in [6.07, 6.45) is 8.15. The van der Waals surface area contributed by atoms with Gasteiger partial charge >= 0.3 is 0 Å². The predicted octanol–water partition coefficient (Wildman–Crippen LogP) is 2.85. The second kappa shape index (κ2) is 6.66. The van der Waals surface area contributed by atoms with E-state index in [1.165, 1.54) is 19.3 Å². The molecule has 1 saturated carbocycles. The maximum atomic E-state index is 7.52. The number of nitrogen functional groups attached to an aromatic ring is 1. The highest BCUT2D eigenvalue weighted by molar-refractivity contribution is 5.94. The van der Waals surface area contributed by atoms with Crippen molar-refractivity contribution >= 4 is 5.84 Å². The molecule has 0 aromatic carbocycles. The van der Waals surface area contributed by atoms with E-state index in [-0.39, 0.29) is 5.84 Å². The molecule has 1 aliphatic rings. The Kier molecular flexibility index (Phi) is 4.91. The van der Waals surface area contributed by atoms with Crippen molar-refractivity contribution in [2.75, 3.05) is 0 Å². The van der Waals surface area contributed by atoms with Gasteiger partial charge < -0.3 is 10.5 Å². The highest BCUT2D eigenvalue weighted by atomic mass is 16.5. The van der Waals surface area contributed by atoms with E-state index in [2.05, 4.69) is 11.9 Å². The zero-order chi connectivity index (χ0) is 13.7. The molecule has 1 aliphatic carbocycles. The third-order valence-electron chi connectivity index (χ3n) is 3.93. The lowest BCUT2D eigenvalue weighted by Crippen LogP contribution is -2.23. The number of aromatic nitrogens is 1. The lowest BCUT2D eigenvalue weighted by Gasteiger charge is -2.28. The van der Waals surface area contributed by atoms with Gasteiger partial charge in [-0.05, 0) is 24.8 Å². The van der Waals surface area contributed by atoms with Gasteiger partial charge in [-0.25, -0.2) is 0 Å². The second-order valence-corrected chi connectivity index (χ2v) is 5.30. The van der Waals surface area contributed by atoms with Gasteiger partial charge in [-0.1, -0.05) is 32.3 Å². The number of nitrogens with one attached hydrogen (secondary N) is 1. The first kappa shape index (κ1) is 14.0. The summed E-state index contributed by atoms with van der Waals surface area (Å²) in [6.45, 7) is 2.76. The van der Waals surface area contributed by atoms with Crippen molar-refractivity contribution in [1.82, 2.24) is 4.98 Å². The molecule has 2 unspecified atom stereocenters. The molecule has 1 aromatic rings. The van der Waals surface area contributed by atoms with Gasteiger partial charge in [0, 0.05) is 11.8 Å². The molecule has 3 N–H and O–H groups in total. The van der Waals surface area contributed by atoms with Gasteiger partial charge in [-0.2, -0.15) is 0 Å². The number of pyridine rings is 1. The van der Waals surface area contributed by atoms with E-state index in [1.54, 1.807) is 6.20 Å². The molecule has 19 heavy (non-hydrogen) atoms. The number of rotatable bonds is 5. The number of ether oxygens (including phenoxy) is 1. The molecule has 2 rings (SSSR count). The van der Waals surface area contributed by atoms with Crippen LogP contribution in [-0.2, 0) is 11.3 Å². The number of nitrogens with zero attached hydrogens (tertiary/aromatic N) is 1. The molecule has 104 valence electrons. The fourth-order valence-corrected chi connectivity index (χ4v) is 2.77. The fourth-order valence-electron chi connectivity index (χ4n) is 2.77. The van der Waals surface area contributed by atoms with Crippen LogP contribution in [0.2, 0.25) is 0 Å². The minimum atomic E-state index is 0.00859. The molecule has 0 saturated heterocycles. The molecular weight excluding hydrogens is 238 g/mol. The molecule has 0 radical (unpaired) electrons. The van der Waals surface area contributed by atoms with Crippen molar-refractivity contribution in [3.8, 4) is 0 Å². The average Bonchev–Trinajstić information content (AvgIpc) is 2.45. The molecule has 0 spiro atoms. The van der Waals surface area contributed by atoms with Crippen molar-refractivity contribution in [1.29, 1.82) is 5.41 Å². The van der Waals surface area contributed by atoms with Crippen LogP contribution in [0, 0.1) is 11.3 Å². The van der Waals surface area contributed by atoms with E-state index in [1.807, 2.05) is 12.1 Å². The minimum absolute atomic E-state index is 0.00859. The van der Waals surface area contributed by atoms with E-state index in [4.69, 9.17) is 15.9 Å². The van der Waals surface area contributed by atoms with Gasteiger partial charge in [0.15, 0.2) is 0 Å². The van der Waals surface area contributed by atoms with E-state index in [0.717, 1.165) is 24.3 Å². The Bertz CT molecular complexity index is 433. The zero-order valence-electron chi connectivity index (χ0n) is 11.6. The van der Waals surface area contributed by atoms with Crippen molar-refractivity contribution in [3.05, 3.63) is 29.6 Å². The van der Waals surface area contributed by atoms with Crippen LogP contribution in [0.4, 0.5) is 0 Å². The topological polar surface area (TPSA) is 72.0 Å². The maximum absolute atomic E-state index is 7.52. The molecule has 0 aliphatic heterocycles. The first-order valence-electron chi connectivity index (χ1n) is 7.10. The molecule has 4 heteroatoms. The summed E-state index contributed by atoms with van der Waals surface area (Å²) < 4.78 is 6.00. The summed E-state index contributed by atoms with van der Waals surface area (Å²) >= 11 is 0. The molecular formula is C15H23N3O. The van der Waals surface area contributed by atoms with Crippen LogP contribution in [0.3, 0.4) is 0 Å². The van der Waals surface area contributed by atoms with Crippen LogP contribution in [-0.4, -0.2) is 16.9 Å². The molecule has 1 aromatic heterocycles. The van der Waals surface area contributed by atoms with E-state index in [0.29, 0.717) is 18.4 Å². The number of nitrogens with two attached hydrogens (primary N) is 1. The minimum Gasteiger partial charge on any atom is -0.382 e. The average molecular weight is 261 g/mol. The van der Waals surface area contributed by atoms with Crippen LogP contribution < -0.4 is 5.73 Å². The third kappa shape index (κ3) is 3.77. The van der Waals surface area contributed by atoms with Crippen molar-refractivity contribution in [3.63, 3.8) is 0 Å². The largest absolute Gasteiger partial charge is 0.382 e. The van der Waals surface area contributed by atoms with Gasteiger partial charge in [-0.15, -0.1) is 0 Å². The van der Waals surface area contributed by atoms with Crippen molar-refractivity contribution in [2.24, 2.45) is 11.7 Å². The van der Waals surface area contributed by atoms with Crippen LogP contribution >= 0.6 is 0 Å². The van der Waals surface area contributed by atoms with Crippen LogP contribution in [0.5, 0.6) is 0 Å². The van der Waals surface area contributed by atoms with Crippen molar-refractivity contribution < 1.29 is 4.74 Å². The normalized spacial score (nSPS) is 23.2. The Morgan fingerprint density at radius 2 is 2.37 bits per heavy atom. The fraction of sp³-hybridized carbons (Fsp3) is 0.600. The summed E-state index contributed by atoms with van der Waals surface area (Å²) in [5, 5.41) is 7.52. The Morgan fingerprint density at radius 3 is 3.11 bits per heavy atom. The molecule has 0 bridgehead atoms. The predicted molar refractivity (Wildman–Crippen MR) is 76.1 cm³/mol. The monoisotopic (exact) mass is 261 g/mol. The highest BCUT2D eigenvalue weighted by Gasteiger charge is 2.21. The molecule has 1 fully saturated rings. The Labute approximate surface area is 114 Å². The lowest BCUT2D eigenvalue weighted by molar-refractivity contribution is 0.00160. The maximum Gasteiger partial charge on any atom is 0.142 e. The molecule has 0 amide bonds. The van der Waals surface area contributed by atoms with E-state index >= 15 is 0 Å². The van der Waals surface area contributed by atoms with Crippen LogP contribution in [0.15, 0.2) is 18.3 Å². The van der Waals surface area contributed by atoms with Gasteiger partial charge in [0.05, 0.1) is 12.7 Å². The van der Waals surface area contributed by atoms with Crippen molar-refractivity contribution in [2.45, 2.75) is 51.7 Å². The Balaban J connectivity index is 1.93. The summed E-state index contributed by atoms with van der Waals surface area (Å²) in [5.74, 6) is 0.814. The number of hydrogen-bond donors (Lipinski definition) is 2. The highest BCUT2D eigenvalue weighted by Crippen LogP contribution is 2.29. The zero-order valence-corrected chi connectivity index (χ0v) is 11.6. The SMILES string of the molecule is CCC1CCCC(OCc2cccnc2C(=N)N)C1. The van der Waals surface area contributed by atoms with E-state index < -0.39 is 0 Å². The summed E-state index contributed by atoms with van der Waals surface area (Å²) in [6, 6.07) is 3.80.